The number of hydrazone groups is 1. The standard InChI is InChI=1S/C21H24N4O2/c1-15(24-25-21(27)19-9-5-6-14-22-19)16-10-12-18(13-11-16)23-20(26)17-7-3-2-4-8-17/h5-6,9-14,17H,2-4,7-8H2,1H3,(H,23,26)(H,25,27). The molecule has 0 spiro atoms. The summed E-state index contributed by atoms with van der Waals surface area (Å²) >= 11 is 0. The quantitative estimate of drug-likeness (QED) is 0.626. The summed E-state index contributed by atoms with van der Waals surface area (Å²) in [6.45, 7) is 1.81. The van der Waals surface area contributed by atoms with Gasteiger partial charge in [-0.05, 0) is 49.6 Å². The molecule has 0 bridgehead atoms. The summed E-state index contributed by atoms with van der Waals surface area (Å²) in [5.41, 5.74) is 5.13. The maximum absolute atomic E-state index is 12.3. The highest BCUT2D eigenvalue weighted by Crippen LogP contribution is 2.25. The van der Waals surface area contributed by atoms with E-state index in [1.165, 1.54) is 6.42 Å². The second-order valence-electron chi connectivity index (χ2n) is 6.75. The molecular weight excluding hydrogens is 340 g/mol. The Hall–Kier alpha value is -3.02. The third-order valence-electron chi connectivity index (χ3n) is 4.77. The Morgan fingerprint density at radius 2 is 1.78 bits per heavy atom. The molecule has 1 heterocycles. The fraction of sp³-hybridized carbons (Fsp3) is 0.333. The number of anilines is 1. The number of pyridine rings is 1. The van der Waals surface area contributed by atoms with Gasteiger partial charge in [-0.25, -0.2) is 5.43 Å². The highest BCUT2D eigenvalue weighted by molar-refractivity contribution is 6.01. The van der Waals surface area contributed by atoms with E-state index in [0.717, 1.165) is 36.9 Å². The summed E-state index contributed by atoms with van der Waals surface area (Å²) in [6, 6.07) is 12.6. The van der Waals surface area contributed by atoms with Crippen LogP contribution in [0.5, 0.6) is 0 Å². The summed E-state index contributed by atoms with van der Waals surface area (Å²) in [5.74, 6) is -0.120. The largest absolute Gasteiger partial charge is 0.326 e. The van der Waals surface area contributed by atoms with Gasteiger partial charge in [0.2, 0.25) is 5.91 Å². The van der Waals surface area contributed by atoms with Crippen molar-refractivity contribution in [1.82, 2.24) is 10.4 Å². The van der Waals surface area contributed by atoms with Crippen LogP contribution < -0.4 is 10.7 Å². The number of nitrogens with one attached hydrogen (secondary N) is 2. The minimum absolute atomic E-state index is 0.107. The molecule has 0 atom stereocenters. The smallest absolute Gasteiger partial charge is 0.289 e. The number of nitrogens with zero attached hydrogens (tertiary/aromatic N) is 2. The Kier molecular flexibility index (Phi) is 6.30. The van der Waals surface area contributed by atoms with Crippen LogP contribution in [0.4, 0.5) is 5.69 Å². The fourth-order valence-electron chi connectivity index (χ4n) is 3.16. The van der Waals surface area contributed by atoms with Crippen LogP contribution in [0.25, 0.3) is 0 Å². The summed E-state index contributed by atoms with van der Waals surface area (Å²) in [5, 5.41) is 7.12. The molecule has 0 unspecified atom stereocenters. The molecule has 1 aliphatic carbocycles. The zero-order chi connectivity index (χ0) is 19.1. The molecule has 1 aromatic heterocycles. The average Bonchev–Trinajstić information content (AvgIpc) is 2.73. The number of carbonyl (C=O) groups is 2. The first-order valence-electron chi connectivity index (χ1n) is 9.30. The molecule has 1 fully saturated rings. The van der Waals surface area contributed by atoms with Gasteiger partial charge in [-0.3, -0.25) is 14.6 Å². The van der Waals surface area contributed by atoms with Crippen LogP contribution in [0.2, 0.25) is 0 Å². The molecule has 3 rings (SSSR count). The van der Waals surface area contributed by atoms with Gasteiger partial charge in [0.15, 0.2) is 0 Å². The van der Waals surface area contributed by atoms with Crippen LogP contribution in [0.1, 0.15) is 55.1 Å². The Balaban J connectivity index is 1.57. The molecule has 0 aliphatic heterocycles. The van der Waals surface area contributed by atoms with E-state index in [4.69, 9.17) is 0 Å². The molecule has 2 amide bonds. The van der Waals surface area contributed by atoms with Crippen LogP contribution in [-0.2, 0) is 4.79 Å². The van der Waals surface area contributed by atoms with Gasteiger partial charge in [-0.2, -0.15) is 5.10 Å². The maximum atomic E-state index is 12.3. The summed E-state index contributed by atoms with van der Waals surface area (Å²) in [7, 11) is 0. The van der Waals surface area contributed by atoms with Gasteiger partial charge in [0.05, 0.1) is 5.71 Å². The number of aromatic nitrogens is 1. The average molecular weight is 364 g/mol. The zero-order valence-electron chi connectivity index (χ0n) is 15.4. The monoisotopic (exact) mass is 364 g/mol. The van der Waals surface area contributed by atoms with Crippen LogP contribution >= 0.6 is 0 Å². The predicted octanol–water partition coefficient (Wildman–Crippen LogP) is 3.75. The lowest BCUT2D eigenvalue weighted by Crippen LogP contribution is -2.24. The molecule has 6 nitrogen and oxygen atoms in total. The molecule has 1 aliphatic rings. The van der Waals surface area contributed by atoms with Crippen molar-refractivity contribution in [3.8, 4) is 0 Å². The Bertz CT molecular complexity index is 810. The fourth-order valence-corrected chi connectivity index (χ4v) is 3.16. The molecule has 1 aromatic carbocycles. The number of amides is 2. The van der Waals surface area contributed by atoms with E-state index in [1.54, 1.807) is 24.4 Å². The van der Waals surface area contributed by atoms with E-state index in [1.807, 2.05) is 31.2 Å². The number of hydrogen-bond acceptors (Lipinski definition) is 4. The van der Waals surface area contributed by atoms with Gasteiger partial charge < -0.3 is 5.32 Å². The highest BCUT2D eigenvalue weighted by atomic mass is 16.2. The number of hydrogen-bond donors (Lipinski definition) is 2. The molecule has 2 N–H and O–H groups in total. The van der Waals surface area contributed by atoms with Gasteiger partial charge >= 0.3 is 0 Å². The van der Waals surface area contributed by atoms with E-state index >= 15 is 0 Å². The Morgan fingerprint density at radius 1 is 1.04 bits per heavy atom. The molecule has 2 aromatic rings. The third-order valence-corrected chi connectivity index (χ3v) is 4.77. The summed E-state index contributed by atoms with van der Waals surface area (Å²) in [6.07, 6.45) is 7.02. The summed E-state index contributed by atoms with van der Waals surface area (Å²) in [4.78, 5) is 28.3. The Morgan fingerprint density at radius 3 is 2.44 bits per heavy atom. The maximum Gasteiger partial charge on any atom is 0.289 e. The predicted molar refractivity (Wildman–Crippen MR) is 106 cm³/mol. The van der Waals surface area contributed by atoms with E-state index < -0.39 is 0 Å². The first-order valence-corrected chi connectivity index (χ1v) is 9.30. The lowest BCUT2D eigenvalue weighted by molar-refractivity contribution is -0.120. The number of rotatable bonds is 5. The highest BCUT2D eigenvalue weighted by Gasteiger charge is 2.20. The van der Waals surface area contributed by atoms with E-state index in [-0.39, 0.29) is 17.7 Å². The summed E-state index contributed by atoms with van der Waals surface area (Å²) < 4.78 is 0. The van der Waals surface area contributed by atoms with Gasteiger partial charge in [0, 0.05) is 17.8 Å². The van der Waals surface area contributed by atoms with Crippen molar-refractivity contribution in [1.29, 1.82) is 0 Å². The lowest BCUT2D eigenvalue weighted by atomic mass is 9.88. The van der Waals surface area contributed by atoms with Gasteiger partial charge in [0.1, 0.15) is 5.69 Å². The van der Waals surface area contributed by atoms with Crippen molar-refractivity contribution in [3.63, 3.8) is 0 Å². The van der Waals surface area contributed by atoms with Crippen molar-refractivity contribution in [2.45, 2.75) is 39.0 Å². The van der Waals surface area contributed by atoms with Gasteiger partial charge in [0.25, 0.3) is 5.91 Å². The first-order chi connectivity index (χ1) is 13.1. The van der Waals surface area contributed by atoms with Crippen LogP contribution in [0.3, 0.4) is 0 Å². The molecular formula is C21H24N4O2. The van der Waals surface area contributed by atoms with E-state index in [0.29, 0.717) is 11.4 Å². The molecule has 140 valence electrons. The minimum Gasteiger partial charge on any atom is -0.326 e. The van der Waals surface area contributed by atoms with E-state index in [9.17, 15) is 9.59 Å². The van der Waals surface area contributed by atoms with Crippen molar-refractivity contribution in [2.75, 3.05) is 5.32 Å². The minimum atomic E-state index is -0.355. The van der Waals surface area contributed by atoms with Gasteiger partial charge in [-0.15, -0.1) is 0 Å². The second kappa shape index (κ2) is 9.07. The molecule has 27 heavy (non-hydrogen) atoms. The molecule has 0 saturated heterocycles. The topological polar surface area (TPSA) is 83.4 Å². The van der Waals surface area contributed by atoms with E-state index in [2.05, 4.69) is 20.8 Å². The molecule has 0 radical (unpaired) electrons. The van der Waals surface area contributed by atoms with Crippen LogP contribution in [0.15, 0.2) is 53.8 Å². The second-order valence-corrected chi connectivity index (χ2v) is 6.75. The normalized spacial score (nSPS) is 15.2. The lowest BCUT2D eigenvalue weighted by Gasteiger charge is -2.20. The van der Waals surface area contributed by atoms with Crippen molar-refractivity contribution in [3.05, 3.63) is 59.9 Å². The third kappa shape index (κ3) is 5.23. The van der Waals surface area contributed by atoms with Crippen LogP contribution in [0, 0.1) is 5.92 Å². The van der Waals surface area contributed by atoms with Crippen LogP contribution in [-0.4, -0.2) is 22.5 Å². The SMILES string of the molecule is CC(=NNC(=O)c1ccccn1)c1ccc(NC(=O)C2CCCCC2)cc1. The van der Waals surface area contributed by atoms with Crippen molar-refractivity contribution < 1.29 is 9.59 Å². The molecule has 6 heteroatoms. The number of carbonyl (C=O) groups excluding carboxylic acids is 2. The number of benzene rings is 1. The molecule has 1 saturated carbocycles. The van der Waals surface area contributed by atoms with Crippen molar-refractivity contribution in [2.24, 2.45) is 11.0 Å². The first kappa shape index (κ1) is 18.8. The Labute approximate surface area is 159 Å². The van der Waals surface area contributed by atoms with Gasteiger partial charge in [-0.1, -0.05) is 37.5 Å². The van der Waals surface area contributed by atoms with Crippen molar-refractivity contribution >= 4 is 23.2 Å². The zero-order valence-corrected chi connectivity index (χ0v) is 15.4.